The molecular formula is C12H16N2O. The quantitative estimate of drug-likeness (QED) is 0.777. The zero-order valence-corrected chi connectivity index (χ0v) is 8.75. The van der Waals surface area contributed by atoms with Crippen LogP contribution in [0.25, 0.3) is 0 Å². The SMILES string of the molecule is c1cc2c(cc1OCC1CNC1)CCN2. The largest absolute Gasteiger partial charge is 0.493 e. The molecule has 0 radical (unpaired) electrons. The number of fused-ring (bicyclic) bond motifs is 1. The van der Waals surface area contributed by atoms with Gasteiger partial charge in [0, 0.05) is 31.2 Å². The molecule has 0 amide bonds. The third-order valence-electron chi connectivity index (χ3n) is 3.14. The van der Waals surface area contributed by atoms with Crippen LogP contribution >= 0.6 is 0 Å². The van der Waals surface area contributed by atoms with Gasteiger partial charge in [0.1, 0.15) is 5.75 Å². The van der Waals surface area contributed by atoms with E-state index < -0.39 is 0 Å². The van der Waals surface area contributed by atoms with E-state index in [2.05, 4.69) is 28.8 Å². The molecule has 0 saturated carbocycles. The minimum absolute atomic E-state index is 0.705. The van der Waals surface area contributed by atoms with Gasteiger partial charge in [-0.25, -0.2) is 0 Å². The van der Waals surface area contributed by atoms with Crippen LogP contribution in [-0.4, -0.2) is 26.2 Å². The first kappa shape index (κ1) is 9.04. The molecule has 3 heteroatoms. The van der Waals surface area contributed by atoms with E-state index in [9.17, 15) is 0 Å². The molecule has 1 aromatic rings. The molecule has 0 bridgehead atoms. The van der Waals surface area contributed by atoms with Gasteiger partial charge in [-0.05, 0) is 30.2 Å². The van der Waals surface area contributed by atoms with Crippen LogP contribution in [0.1, 0.15) is 5.56 Å². The lowest BCUT2D eigenvalue weighted by Crippen LogP contribution is -2.45. The zero-order chi connectivity index (χ0) is 10.1. The fraction of sp³-hybridized carbons (Fsp3) is 0.500. The number of benzene rings is 1. The molecule has 2 N–H and O–H groups in total. The van der Waals surface area contributed by atoms with Gasteiger partial charge in [0.2, 0.25) is 0 Å². The van der Waals surface area contributed by atoms with E-state index in [1.807, 2.05) is 0 Å². The lowest BCUT2D eigenvalue weighted by molar-refractivity contribution is 0.199. The maximum Gasteiger partial charge on any atom is 0.119 e. The Bertz CT molecular complexity index is 361. The smallest absolute Gasteiger partial charge is 0.119 e. The maximum absolute atomic E-state index is 5.77. The van der Waals surface area contributed by atoms with Gasteiger partial charge in [-0.1, -0.05) is 0 Å². The second kappa shape index (κ2) is 3.74. The van der Waals surface area contributed by atoms with Gasteiger partial charge >= 0.3 is 0 Å². The van der Waals surface area contributed by atoms with E-state index in [4.69, 9.17) is 4.74 Å². The Morgan fingerprint density at radius 3 is 3.07 bits per heavy atom. The highest BCUT2D eigenvalue weighted by atomic mass is 16.5. The van der Waals surface area contributed by atoms with Crippen molar-refractivity contribution in [2.24, 2.45) is 5.92 Å². The van der Waals surface area contributed by atoms with Crippen LogP contribution in [0, 0.1) is 5.92 Å². The predicted octanol–water partition coefficient (Wildman–Crippen LogP) is 1.25. The summed E-state index contributed by atoms with van der Waals surface area (Å²) >= 11 is 0. The second-order valence-corrected chi connectivity index (χ2v) is 4.33. The van der Waals surface area contributed by atoms with Crippen molar-refractivity contribution in [2.45, 2.75) is 6.42 Å². The highest BCUT2D eigenvalue weighted by molar-refractivity contribution is 5.57. The number of anilines is 1. The Morgan fingerprint density at radius 2 is 2.27 bits per heavy atom. The van der Waals surface area contributed by atoms with Crippen LogP contribution < -0.4 is 15.4 Å². The molecule has 2 aliphatic rings. The summed E-state index contributed by atoms with van der Waals surface area (Å²) in [5.74, 6) is 1.72. The van der Waals surface area contributed by atoms with E-state index in [0.717, 1.165) is 38.4 Å². The molecule has 1 saturated heterocycles. The van der Waals surface area contributed by atoms with Crippen molar-refractivity contribution in [3.63, 3.8) is 0 Å². The van der Waals surface area contributed by atoms with Crippen molar-refractivity contribution < 1.29 is 4.74 Å². The molecular weight excluding hydrogens is 188 g/mol. The third kappa shape index (κ3) is 1.79. The first-order chi connectivity index (χ1) is 7.42. The Morgan fingerprint density at radius 1 is 1.33 bits per heavy atom. The average molecular weight is 204 g/mol. The molecule has 3 rings (SSSR count). The fourth-order valence-corrected chi connectivity index (χ4v) is 2.05. The summed E-state index contributed by atoms with van der Waals surface area (Å²) in [7, 11) is 0. The van der Waals surface area contributed by atoms with E-state index in [1.165, 1.54) is 11.3 Å². The van der Waals surface area contributed by atoms with Crippen LogP contribution in [0.3, 0.4) is 0 Å². The van der Waals surface area contributed by atoms with Gasteiger partial charge in [0.05, 0.1) is 6.61 Å². The summed E-state index contributed by atoms with van der Waals surface area (Å²) in [6.07, 6.45) is 1.12. The van der Waals surface area contributed by atoms with Crippen LogP contribution in [-0.2, 0) is 6.42 Å². The summed E-state index contributed by atoms with van der Waals surface area (Å²) in [6.45, 7) is 4.11. The van der Waals surface area contributed by atoms with Crippen molar-refractivity contribution >= 4 is 5.69 Å². The predicted molar refractivity (Wildman–Crippen MR) is 60.5 cm³/mol. The lowest BCUT2D eigenvalue weighted by Gasteiger charge is -2.26. The Labute approximate surface area is 89.8 Å². The molecule has 1 fully saturated rings. The van der Waals surface area contributed by atoms with Crippen LogP contribution in [0.5, 0.6) is 5.75 Å². The minimum Gasteiger partial charge on any atom is -0.493 e. The Balaban J connectivity index is 1.64. The fourth-order valence-electron chi connectivity index (χ4n) is 2.05. The lowest BCUT2D eigenvalue weighted by atomic mass is 10.1. The first-order valence-corrected chi connectivity index (χ1v) is 5.62. The summed E-state index contributed by atoms with van der Waals surface area (Å²) in [5, 5.41) is 6.60. The van der Waals surface area contributed by atoms with Crippen LogP contribution in [0.2, 0.25) is 0 Å². The van der Waals surface area contributed by atoms with Crippen LogP contribution in [0.4, 0.5) is 5.69 Å². The van der Waals surface area contributed by atoms with Crippen LogP contribution in [0.15, 0.2) is 18.2 Å². The summed E-state index contributed by atoms with van der Waals surface area (Å²) in [6, 6.07) is 6.35. The zero-order valence-electron chi connectivity index (χ0n) is 8.75. The monoisotopic (exact) mass is 204 g/mol. The van der Waals surface area contributed by atoms with Crippen molar-refractivity contribution in [1.29, 1.82) is 0 Å². The molecule has 0 aliphatic carbocycles. The molecule has 2 heterocycles. The first-order valence-electron chi connectivity index (χ1n) is 5.62. The molecule has 3 nitrogen and oxygen atoms in total. The molecule has 0 unspecified atom stereocenters. The Hall–Kier alpha value is -1.22. The van der Waals surface area contributed by atoms with Gasteiger partial charge in [0.15, 0.2) is 0 Å². The topological polar surface area (TPSA) is 33.3 Å². The van der Waals surface area contributed by atoms with Gasteiger partial charge in [-0.15, -0.1) is 0 Å². The van der Waals surface area contributed by atoms with Gasteiger partial charge in [-0.2, -0.15) is 0 Å². The van der Waals surface area contributed by atoms with Crippen molar-refractivity contribution in [3.05, 3.63) is 23.8 Å². The number of hydrogen-bond donors (Lipinski definition) is 2. The Kier molecular flexibility index (Phi) is 2.25. The van der Waals surface area contributed by atoms with E-state index in [1.54, 1.807) is 0 Å². The maximum atomic E-state index is 5.77. The normalized spacial score (nSPS) is 19.2. The molecule has 80 valence electrons. The van der Waals surface area contributed by atoms with Gasteiger partial charge in [-0.3, -0.25) is 0 Å². The van der Waals surface area contributed by atoms with E-state index >= 15 is 0 Å². The molecule has 15 heavy (non-hydrogen) atoms. The molecule has 0 atom stereocenters. The minimum atomic E-state index is 0.705. The highest BCUT2D eigenvalue weighted by Crippen LogP contribution is 2.26. The highest BCUT2D eigenvalue weighted by Gasteiger charge is 2.17. The molecule has 1 aromatic carbocycles. The van der Waals surface area contributed by atoms with E-state index in [-0.39, 0.29) is 0 Å². The average Bonchev–Trinajstić information content (AvgIpc) is 2.62. The van der Waals surface area contributed by atoms with Gasteiger partial charge < -0.3 is 15.4 Å². The molecule has 2 aliphatic heterocycles. The standard InChI is InChI=1S/C12H16N2O/c1-2-12-10(3-4-14-12)5-11(1)15-8-9-6-13-7-9/h1-2,5,9,13-14H,3-4,6-8H2. The summed E-state index contributed by atoms with van der Waals surface area (Å²) in [4.78, 5) is 0. The van der Waals surface area contributed by atoms with Crippen molar-refractivity contribution in [3.8, 4) is 5.75 Å². The summed E-state index contributed by atoms with van der Waals surface area (Å²) in [5.41, 5.74) is 2.66. The molecule has 0 spiro atoms. The number of ether oxygens (including phenoxy) is 1. The summed E-state index contributed by atoms with van der Waals surface area (Å²) < 4.78 is 5.77. The molecule has 0 aromatic heterocycles. The van der Waals surface area contributed by atoms with Crippen molar-refractivity contribution in [2.75, 3.05) is 31.6 Å². The van der Waals surface area contributed by atoms with Crippen molar-refractivity contribution in [1.82, 2.24) is 5.32 Å². The third-order valence-corrected chi connectivity index (χ3v) is 3.14. The second-order valence-electron chi connectivity index (χ2n) is 4.33. The number of rotatable bonds is 3. The number of nitrogens with one attached hydrogen (secondary N) is 2. The van der Waals surface area contributed by atoms with E-state index in [0.29, 0.717) is 5.92 Å². The number of hydrogen-bond acceptors (Lipinski definition) is 3. The van der Waals surface area contributed by atoms with Gasteiger partial charge in [0.25, 0.3) is 0 Å².